The highest BCUT2D eigenvalue weighted by atomic mass is 16.5. The van der Waals surface area contributed by atoms with Crippen LogP contribution in [0.4, 0.5) is 0 Å². The molecular weight excluding hydrogens is 408 g/mol. The average Bonchev–Trinajstić information content (AvgIpc) is 3.46. The summed E-state index contributed by atoms with van der Waals surface area (Å²) in [5.74, 6) is 1.18. The summed E-state index contributed by atoms with van der Waals surface area (Å²) in [5.41, 5.74) is 3.35. The van der Waals surface area contributed by atoms with Crippen molar-refractivity contribution < 1.29 is 14.3 Å². The molecule has 2 aromatic heterocycles. The van der Waals surface area contributed by atoms with Crippen molar-refractivity contribution in [3.63, 3.8) is 0 Å². The monoisotopic (exact) mass is 434 g/mol. The Kier molecular flexibility index (Phi) is 6.16. The third-order valence-corrected chi connectivity index (χ3v) is 5.73. The molecule has 0 spiro atoms. The highest BCUT2D eigenvalue weighted by molar-refractivity contribution is 5.95. The number of aryl methyl sites for hydroxylation is 2. The first-order chi connectivity index (χ1) is 15.5. The largest absolute Gasteiger partial charge is 0.497 e. The van der Waals surface area contributed by atoms with E-state index in [2.05, 4.69) is 25.5 Å². The van der Waals surface area contributed by atoms with Gasteiger partial charge in [0.25, 0.3) is 11.8 Å². The number of rotatable bonds is 6. The van der Waals surface area contributed by atoms with E-state index in [1.807, 2.05) is 31.2 Å². The molecule has 4 rings (SSSR count). The highest BCUT2D eigenvalue weighted by Gasteiger charge is 2.31. The number of H-pyrrole nitrogens is 1. The Hall–Kier alpha value is -3.75. The van der Waals surface area contributed by atoms with Crippen LogP contribution in [0.3, 0.4) is 0 Å². The van der Waals surface area contributed by atoms with Gasteiger partial charge < -0.3 is 15.0 Å². The van der Waals surface area contributed by atoms with E-state index in [1.54, 1.807) is 31.3 Å². The van der Waals surface area contributed by atoms with E-state index in [0.717, 1.165) is 23.4 Å². The number of methoxy groups -OCH3 is 1. The summed E-state index contributed by atoms with van der Waals surface area (Å²) in [4.78, 5) is 36.2. The van der Waals surface area contributed by atoms with Crippen LogP contribution in [-0.4, -0.2) is 57.1 Å². The number of hydrogen-bond acceptors (Lipinski definition) is 6. The summed E-state index contributed by atoms with van der Waals surface area (Å²) in [6, 6.07) is 7.54. The van der Waals surface area contributed by atoms with Crippen LogP contribution in [0.25, 0.3) is 0 Å². The number of benzene rings is 1. The van der Waals surface area contributed by atoms with Crippen molar-refractivity contribution in [3.8, 4) is 5.75 Å². The maximum Gasteiger partial charge on any atom is 0.257 e. The summed E-state index contributed by atoms with van der Waals surface area (Å²) in [6.45, 7) is 5.20. The molecule has 32 heavy (non-hydrogen) atoms. The number of carbonyl (C=O) groups excluding carboxylic acids is 2. The normalized spacial score (nSPS) is 15.6. The third-order valence-electron chi connectivity index (χ3n) is 5.73. The molecule has 1 aliphatic heterocycles. The van der Waals surface area contributed by atoms with Crippen LogP contribution >= 0.6 is 0 Å². The lowest BCUT2D eigenvalue weighted by Crippen LogP contribution is -2.29. The Bertz CT molecular complexity index is 1140. The first kappa shape index (κ1) is 21.5. The second-order valence-electron chi connectivity index (χ2n) is 7.91. The Morgan fingerprint density at radius 1 is 1.25 bits per heavy atom. The van der Waals surface area contributed by atoms with Gasteiger partial charge in [0.1, 0.15) is 11.6 Å². The van der Waals surface area contributed by atoms with Crippen LogP contribution in [0.5, 0.6) is 5.75 Å². The zero-order chi connectivity index (χ0) is 22.7. The van der Waals surface area contributed by atoms with E-state index >= 15 is 0 Å². The standard InChI is InChI=1S/C23H26N6O3/c1-14-19(22(30)25-10-16-5-4-6-18(9-16)32-3)11-24-21(27-14)17-7-8-29(13-17)23(31)20-12-26-28-15(20)2/h4-6,9,11-12,17H,7-8,10,13H2,1-3H3,(H,25,30)(H,26,28)/t17-/m0/s1. The Morgan fingerprint density at radius 3 is 2.81 bits per heavy atom. The van der Waals surface area contributed by atoms with Gasteiger partial charge in [-0.1, -0.05) is 12.1 Å². The third kappa shape index (κ3) is 4.46. The van der Waals surface area contributed by atoms with E-state index in [0.29, 0.717) is 42.3 Å². The van der Waals surface area contributed by atoms with E-state index < -0.39 is 0 Å². The topological polar surface area (TPSA) is 113 Å². The van der Waals surface area contributed by atoms with Crippen LogP contribution in [-0.2, 0) is 6.54 Å². The van der Waals surface area contributed by atoms with Crippen molar-refractivity contribution in [2.24, 2.45) is 0 Å². The van der Waals surface area contributed by atoms with Gasteiger partial charge in [0.05, 0.1) is 30.1 Å². The zero-order valence-corrected chi connectivity index (χ0v) is 18.4. The molecule has 2 amide bonds. The van der Waals surface area contributed by atoms with Gasteiger partial charge in [0, 0.05) is 37.4 Å². The van der Waals surface area contributed by atoms with Crippen molar-refractivity contribution in [2.45, 2.75) is 32.7 Å². The number of hydrogen-bond donors (Lipinski definition) is 2. The highest BCUT2D eigenvalue weighted by Crippen LogP contribution is 2.26. The minimum atomic E-state index is -0.226. The second-order valence-corrected chi connectivity index (χ2v) is 7.91. The SMILES string of the molecule is COc1cccc(CNC(=O)c2cnc([C@H]3CCN(C(=O)c4cn[nH]c4C)C3)nc2C)c1. The van der Waals surface area contributed by atoms with Gasteiger partial charge in [-0.2, -0.15) is 5.10 Å². The van der Waals surface area contributed by atoms with Crippen molar-refractivity contribution in [1.82, 2.24) is 30.4 Å². The first-order valence-electron chi connectivity index (χ1n) is 10.5. The molecule has 0 saturated carbocycles. The van der Waals surface area contributed by atoms with Crippen LogP contribution < -0.4 is 10.1 Å². The van der Waals surface area contributed by atoms with Gasteiger partial charge >= 0.3 is 0 Å². The molecule has 0 bridgehead atoms. The molecule has 9 heteroatoms. The molecular formula is C23H26N6O3. The number of amides is 2. The van der Waals surface area contributed by atoms with Gasteiger partial charge in [-0.3, -0.25) is 14.7 Å². The lowest BCUT2D eigenvalue weighted by molar-refractivity contribution is 0.0789. The summed E-state index contributed by atoms with van der Waals surface area (Å²) in [6.07, 6.45) is 3.91. The molecule has 0 aliphatic carbocycles. The fourth-order valence-corrected chi connectivity index (χ4v) is 3.86. The number of likely N-dealkylation sites (tertiary alicyclic amines) is 1. The molecule has 1 fully saturated rings. The fourth-order valence-electron chi connectivity index (χ4n) is 3.86. The molecule has 3 heterocycles. The molecule has 2 N–H and O–H groups in total. The molecule has 166 valence electrons. The summed E-state index contributed by atoms with van der Waals surface area (Å²) < 4.78 is 5.21. The molecule has 1 saturated heterocycles. The smallest absolute Gasteiger partial charge is 0.257 e. The molecule has 9 nitrogen and oxygen atoms in total. The van der Waals surface area contributed by atoms with Crippen LogP contribution in [0.15, 0.2) is 36.7 Å². The van der Waals surface area contributed by atoms with E-state index in [4.69, 9.17) is 4.74 Å². The zero-order valence-electron chi connectivity index (χ0n) is 18.4. The molecule has 0 radical (unpaired) electrons. The predicted octanol–water partition coefficient (Wildman–Crippen LogP) is 2.38. The van der Waals surface area contributed by atoms with Gasteiger partial charge in [0.2, 0.25) is 0 Å². The molecule has 3 aromatic rings. The quantitative estimate of drug-likeness (QED) is 0.616. The van der Waals surface area contributed by atoms with Crippen LogP contribution in [0.1, 0.15) is 55.8 Å². The number of nitrogens with one attached hydrogen (secondary N) is 2. The van der Waals surface area contributed by atoms with Crippen molar-refractivity contribution in [1.29, 1.82) is 0 Å². The molecule has 1 atom stereocenters. The van der Waals surface area contributed by atoms with Gasteiger partial charge in [-0.25, -0.2) is 9.97 Å². The second kappa shape index (κ2) is 9.17. The average molecular weight is 435 g/mol. The maximum absolute atomic E-state index is 12.7. The Morgan fingerprint density at radius 2 is 2.09 bits per heavy atom. The van der Waals surface area contributed by atoms with Gasteiger partial charge in [-0.05, 0) is 38.0 Å². The van der Waals surface area contributed by atoms with E-state index in [-0.39, 0.29) is 17.7 Å². The van der Waals surface area contributed by atoms with Crippen LogP contribution in [0.2, 0.25) is 0 Å². The summed E-state index contributed by atoms with van der Waals surface area (Å²) in [5, 5.41) is 9.63. The van der Waals surface area contributed by atoms with Crippen molar-refractivity contribution in [2.75, 3.05) is 20.2 Å². The van der Waals surface area contributed by atoms with Gasteiger partial charge in [-0.15, -0.1) is 0 Å². The minimum absolute atomic E-state index is 0.0380. The number of aromatic amines is 1. The number of carbonyl (C=O) groups is 2. The van der Waals surface area contributed by atoms with Crippen molar-refractivity contribution >= 4 is 11.8 Å². The first-order valence-corrected chi connectivity index (χ1v) is 10.5. The Labute approximate surface area is 186 Å². The van der Waals surface area contributed by atoms with E-state index in [9.17, 15) is 9.59 Å². The van der Waals surface area contributed by atoms with Crippen LogP contribution in [0, 0.1) is 13.8 Å². The molecule has 1 aromatic carbocycles. The summed E-state index contributed by atoms with van der Waals surface area (Å²) >= 11 is 0. The summed E-state index contributed by atoms with van der Waals surface area (Å²) in [7, 11) is 1.61. The number of aromatic nitrogens is 4. The molecule has 0 unspecified atom stereocenters. The Balaban J connectivity index is 1.39. The van der Waals surface area contributed by atoms with E-state index in [1.165, 1.54) is 0 Å². The predicted molar refractivity (Wildman–Crippen MR) is 118 cm³/mol. The van der Waals surface area contributed by atoms with Crippen molar-refractivity contribution in [3.05, 3.63) is 70.6 Å². The lowest BCUT2D eigenvalue weighted by Gasteiger charge is -2.16. The van der Waals surface area contributed by atoms with Gasteiger partial charge in [0.15, 0.2) is 0 Å². The lowest BCUT2D eigenvalue weighted by atomic mass is 10.1. The number of ether oxygens (including phenoxy) is 1. The molecule has 1 aliphatic rings. The number of nitrogens with zero attached hydrogens (tertiary/aromatic N) is 4. The fraction of sp³-hybridized carbons (Fsp3) is 0.348. The minimum Gasteiger partial charge on any atom is -0.497 e. The maximum atomic E-state index is 12.7.